The number of hydrogen-bond acceptors (Lipinski definition) is 2. The van der Waals surface area contributed by atoms with E-state index in [1.807, 2.05) is 31.2 Å². The standard InChI is InChI=1S/C17H19ClFNO/c1-12-2-5-14(6-3-12)17(10-20,11-21)9-13-4-7-16(19)15(18)8-13/h2-8,21H,9-11,20H2,1H3. The normalized spacial score (nSPS) is 14.0. The lowest BCUT2D eigenvalue weighted by Crippen LogP contribution is -2.41. The van der Waals surface area contributed by atoms with Crippen molar-refractivity contribution >= 4 is 11.6 Å². The number of rotatable bonds is 5. The molecule has 4 heteroatoms. The second-order valence-electron chi connectivity index (χ2n) is 5.43. The van der Waals surface area contributed by atoms with E-state index in [1.54, 1.807) is 12.1 Å². The maximum absolute atomic E-state index is 13.3. The quantitative estimate of drug-likeness (QED) is 0.891. The first-order valence-electron chi connectivity index (χ1n) is 6.83. The molecule has 1 atom stereocenters. The van der Waals surface area contributed by atoms with Crippen LogP contribution in [0.2, 0.25) is 5.02 Å². The fourth-order valence-electron chi connectivity index (χ4n) is 2.45. The van der Waals surface area contributed by atoms with E-state index in [1.165, 1.54) is 6.07 Å². The summed E-state index contributed by atoms with van der Waals surface area (Å²) in [5.74, 6) is -0.446. The second-order valence-corrected chi connectivity index (χ2v) is 5.84. The maximum Gasteiger partial charge on any atom is 0.141 e. The van der Waals surface area contributed by atoms with Crippen molar-refractivity contribution in [3.63, 3.8) is 0 Å². The van der Waals surface area contributed by atoms with Crippen LogP contribution in [-0.2, 0) is 11.8 Å². The van der Waals surface area contributed by atoms with Crippen LogP contribution in [0.3, 0.4) is 0 Å². The van der Waals surface area contributed by atoms with Crippen LogP contribution in [0.4, 0.5) is 4.39 Å². The van der Waals surface area contributed by atoms with Gasteiger partial charge in [0.1, 0.15) is 5.82 Å². The highest BCUT2D eigenvalue weighted by atomic mass is 35.5. The number of aliphatic hydroxyl groups is 1. The fraction of sp³-hybridized carbons (Fsp3) is 0.294. The van der Waals surface area contributed by atoms with Crippen molar-refractivity contribution in [2.75, 3.05) is 13.2 Å². The Morgan fingerprint density at radius 2 is 1.86 bits per heavy atom. The van der Waals surface area contributed by atoms with Crippen LogP contribution in [0.1, 0.15) is 16.7 Å². The van der Waals surface area contributed by atoms with E-state index in [2.05, 4.69) is 0 Å². The van der Waals surface area contributed by atoms with Crippen molar-refractivity contribution in [1.29, 1.82) is 0 Å². The zero-order valence-corrected chi connectivity index (χ0v) is 12.7. The SMILES string of the molecule is Cc1ccc(C(CN)(CO)Cc2ccc(F)c(Cl)c2)cc1. The summed E-state index contributed by atoms with van der Waals surface area (Å²) in [5, 5.41) is 9.98. The van der Waals surface area contributed by atoms with E-state index in [4.69, 9.17) is 17.3 Å². The van der Waals surface area contributed by atoms with Gasteiger partial charge in [0.15, 0.2) is 0 Å². The second kappa shape index (κ2) is 6.56. The topological polar surface area (TPSA) is 46.2 Å². The molecule has 2 aromatic carbocycles. The number of hydrogen-bond donors (Lipinski definition) is 2. The molecule has 0 radical (unpaired) electrons. The lowest BCUT2D eigenvalue weighted by molar-refractivity contribution is 0.196. The summed E-state index contributed by atoms with van der Waals surface area (Å²) in [5.41, 5.74) is 8.31. The first kappa shape index (κ1) is 16.0. The van der Waals surface area contributed by atoms with Gasteiger partial charge in [0, 0.05) is 12.0 Å². The Hall–Kier alpha value is -1.42. The van der Waals surface area contributed by atoms with E-state index in [0.29, 0.717) is 13.0 Å². The van der Waals surface area contributed by atoms with E-state index in [-0.39, 0.29) is 11.6 Å². The number of benzene rings is 2. The Morgan fingerprint density at radius 3 is 2.38 bits per heavy atom. The molecule has 0 aliphatic heterocycles. The molecule has 1 unspecified atom stereocenters. The van der Waals surface area contributed by atoms with Crippen molar-refractivity contribution in [1.82, 2.24) is 0 Å². The zero-order chi connectivity index (χ0) is 15.5. The molecule has 3 N–H and O–H groups in total. The minimum atomic E-state index is -0.588. The van der Waals surface area contributed by atoms with E-state index >= 15 is 0 Å². The van der Waals surface area contributed by atoms with Crippen molar-refractivity contribution in [2.24, 2.45) is 5.73 Å². The lowest BCUT2D eigenvalue weighted by Gasteiger charge is -2.31. The summed E-state index contributed by atoms with van der Waals surface area (Å²) in [7, 11) is 0. The molecule has 112 valence electrons. The lowest BCUT2D eigenvalue weighted by atomic mass is 9.76. The Bertz CT molecular complexity index is 609. The van der Waals surface area contributed by atoms with Crippen LogP contribution in [0.15, 0.2) is 42.5 Å². The molecule has 0 fully saturated rings. The van der Waals surface area contributed by atoms with Gasteiger partial charge in [0.25, 0.3) is 0 Å². The molecule has 0 amide bonds. The molecule has 2 aromatic rings. The van der Waals surface area contributed by atoms with Crippen molar-refractivity contribution in [3.05, 3.63) is 70.0 Å². The molecule has 0 bridgehead atoms. The smallest absolute Gasteiger partial charge is 0.141 e. The van der Waals surface area contributed by atoms with Gasteiger partial charge in [-0.25, -0.2) is 4.39 Å². The largest absolute Gasteiger partial charge is 0.395 e. The van der Waals surface area contributed by atoms with Crippen LogP contribution in [0.5, 0.6) is 0 Å². The third-order valence-electron chi connectivity index (χ3n) is 3.88. The molecule has 21 heavy (non-hydrogen) atoms. The number of aryl methyl sites for hydroxylation is 1. The van der Waals surface area contributed by atoms with Gasteiger partial charge in [-0.15, -0.1) is 0 Å². The molecule has 0 saturated heterocycles. The van der Waals surface area contributed by atoms with Gasteiger partial charge < -0.3 is 10.8 Å². The maximum atomic E-state index is 13.3. The zero-order valence-electron chi connectivity index (χ0n) is 11.9. The fourth-order valence-corrected chi connectivity index (χ4v) is 2.65. The first-order valence-corrected chi connectivity index (χ1v) is 7.20. The Labute approximate surface area is 129 Å². The Kier molecular flexibility index (Phi) is 4.99. The van der Waals surface area contributed by atoms with Crippen molar-refractivity contribution < 1.29 is 9.50 Å². The Balaban J connectivity index is 2.37. The predicted octanol–water partition coefficient (Wildman–Crippen LogP) is 3.22. The van der Waals surface area contributed by atoms with Gasteiger partial charge in [-0.2, -0.15) is 0 Å². The van der Waals surface area contributed by atoms with Gasteiger partial charge in [0.2, 0.25) is 0 Å². The summed E-state index contributed by atoms with van der Waals surface area (Å²) in [6.07, 6.45) is 0.503. The summed E-state index contributed by atoms with van der Waals surface area (Å²) in [6, 6.07) is 12.5. The van der Waals surface area contributed by atoms with Crippen molar-refractivity contribution in [3.8, 4) is 0 Å². The summed E-state index contributed by atoms with van der Waals surface area (Å²) in [6.45, 7) is 2.22. The molecular formula is C17H19ClFNO. The number of aliphatic hydroxyl groups excluding tert-OH is 1. The molecule has 2 rings (SSSR count). The van der Waals surface area contributed by atoms with Crippen LogP contribution in [0.25, 0.3) is 0 Å². The number of halogens is 2. The minimum absolute atomic E-state index is 0.0818. The highest BCUT2D eigenvalue weighted by Gasteiger charge is 2.30. The Morgan fingerprint density at radius 1 is 1.19 bits per heavy atom. The minimum Gasteiger partial charge on any atom is -0.395 e. The van der Waals surface area contributed by atoms with E-state index < -0.39 is 11.2 Å². The predicted molar refractivity (Wildman–Crippen MR) is 84.1 cm³/mol. The molecule has 0 aliphatic carbocycles. The molecule has 0 aliphatic rings. The van der Waals surface area contributed by atoms with Gasteiger partial charge >= 0.3 is 0 Å². The molecule has 0 aromatic heterocycles. The molecule has 0 heterocycles. The molecule has 0 spiro atoms. The van der Waals surface area contributed by atoms with Gasteiger partial charge in [-0.05, 0) is 36.6 Å². The van der Waals surface area contributed by atoms with Crippen LogP contribution >= 0.6 is 11.6 Å². The van der Waals surface area contributed by atoms with Gasteiger partial charge in [0.05, 0.1) is 11.6 Å². The van der Waals surface area contributed by atoms with Gasteiger partial charge in [-0.1, -0.05) is 47.5 Å². The number of nitrogens with two attached hydrogens (primary N) is 1. The highest BCUT2D eigenvalue weighted by molar-refractivity contribution is 6.30. The van der Waals surface area contributed by atoms with Crippen LogP contribution < -0.4 is 5.73 Å². The van der Waals surface area contributed by atoms with Crippen LogP contribution in [0, 0.1) is 12.7 Å². The van der Waals surface area contributed by atoms with Crippen LogP contribution in [-0.4, -0.2) is 18.3 Å². The molecular weight excluding hydrogens is 289 g/mol. The van der Waals surface area contributed by atoms with E-state index in [0.717, 1.165) is 16.7 Å². The van der Waals surface area contributed by atoms with Gasteiger partial charge in [-0.3, -0.25) is 0 Å². The molecule has 0 saturated carbocycles. The third-order valence-corrected chi connectivity index (χ3v) is 4.17. The van der Waals surface area contributed by atoms with Crippen molar-refractivity contribution in [2.45, 2.75) is 18.8 Å². The third kappa shape index (κ3) is 3.43. The average molecular weight is 308 g/mol. The van der Waals surface area contributed by atoms with E-state index in [9.17, 15) is 9.50 Å². The monoisotopic (exact) mass is 307 g/mol. The average Bonchev–Trinajstić information content (AvgIpc) is 2.49. The molecule has 2 nitrogen and oxygen atoms in total. The summed E-state index contributed by atoms with van der Waals surface area (Å²) < 4.78 is 13.3. The first-order chi connectivity index (χ1) is 10.0. The summed E-state index contributed by atoms with van der Waals surface area (Å²) >= 11 is 5.83. The highest BCUT2D eigenvalue weighted by Crippen LogP contribution is 2.29. The summed E-state index contributed by atoms with van der Waals surface area (Å²) in [4.78, 5) is 0.